The largest absolute Gasteiger partial charge is 0.338 e. The number of fused-ring (bicyclic) bond motifs is 11. The van der Waals surface area contributed by atoms with Crippen molar-refractivity contribution in [2.75, 3.05) is 4.90 Å². The Labute approximate surface area is 383 Å². The number of aromatic nitrogens is 1. The standard InChI is InChI=1S/C62H56N2O/c1-38(2)45-31-32-49-59(57(45)43-20-10-8-11-21-43)64(55-28-18-15-25-48(55)61(49)65)41(7)36-42-30-34-52-50(37-42)47-24-14-16-26-51(47)62(52)53-27-17-19-29-56(53)63(40(5)6)60-54(62)35-33-46(39(3)4)58(60)44-22-12-9-13-23-44/h8-35,37-41H,36H2,1-7H3. The van der Waals surface area contributed by atoms with Crippen LogP contribution in [-0.2, 0) is 11.8 Å². The van der Waals surface area contributed by atoms with E-state index in [-0.39, 0.29) is 23.4 Å². The Hall–Kier alpha value is -6.97. The molecule has 0 saturated carbocycles. The number of hydrogen-bond acceptors (Lipinski definition) is 2. The van der Waals surface area contributed by atoms with Gasteiger partial charge in [-0.15, -0.1) is 0 Å². The third-order valence-electron chi connectivity index (χ3n) is 14.5. The summed E-state index contributed by atoms with van der Waals surface area (Å²) in [5, 5.41) is 1.53. The lowest BCUT2D eigenvalue weighted by molar-refractivity contribution is 0.576. The summed E-state index contributed by atoms with van der Waals surface area (Å²) in [5.74, 6) is 0.607. The van der Waals surface area contributed by atoms with Crippen LogP contribution in [0.1, 0.15) is 105 Å². The Kier molecular flexibility index (Phi) is 9.81. The maximum Gasteiger partial charge on any atom is 0.197 e. The molecule has 0 bridgehead atoms. The molecule has 0 saturated heterocycles. The third kappa shape index (κ3) is 6.04. The fourth-order valence-electron chi connectivity index (χ4n) is 11.9. The number of hydrogen-bond donors (Lipinski definition) is 0. The summed E-state index contributed by atoms with van der Waals surface area (Å²) in [7, 11) is 0. The lowest BCUT2D eigenvalue weighted by Crippen LogP contribution is -2.40. The van der Waals surface area contributed by atoms with Crippen LogP contribution in [0, 0.1) is 0 Å². The van der Waals surface area contributed by atoms with E-state index < -0.39 is 5.41 Å². The van der Waals surface area contributed by atoms with Crippen molar-refractivity contribution in [1.82, 2.24) is 4.57 Å². The zero-order valence-electron chi connectivity index (χ0n) is 38.6. The van der Waals surface area contributed by atoms with Crippen LogP contribution in [0.25, 0.3) is 55.2 Å². The maximum atomic E-state index is 14.4. The summed E-state index contributed by atoms with van der Waals surface area (Å²) in [6.07, 6.45) is 0.786. The van der Waals surface area contributed by atoms with E-state index in [2.05, 4.69) is 222 Å². The summed E-state index contributed by atoms with van der Waals surface area (Å²) in [6, 6.07) is 65.0. The first-order valence-corrected chi connectivity index (χ1v) is 23.6. The fourth-order valence-corrected chi connectivity index (χ4v) is 11.9. The van der Waals surface area contributed by atoms with E-state index in [9.17, 15) is 4.79 Å². The Morgan fingerprint density at radius 3 is 1.77 bits per heavy atom. The highest BCUT2D eigenvalue weighted by molar-refractivity contribution is 6.03. The molecule has 1 aliphatic carbocycles. The first-order chi connectivity index (χ1) is 31.6. The molecule has 2 heterocycles. The minimum Gasteiger partial charge on any atom is -0.338 e. The van der Waals surface area contributed by atoms with E-state index in [1.807, 2.05) is 12.1 Å². The summed E-state index contributed by atoms with van der Waals surface area (Å²) in [5.41, 5.74) is 20.8. The third-order valence-corrected chi connectivity index (χ3v) is 14.5. The predicted octanol–water partition coefficient (Wildman–Crippen LogP) is 15.8. The molecule has 3 nitrogen and oxygen atoms in total. The van der Waals surface area contributed by atoms with Crippen molar-refractivity contribution >= 4 is 33.2 Å². The van der Waals surface area contributed by atoms with E-state index in [0.717, 1.165) is 39.4 Å². The van der Waals surface area contributed by atoms with E-state index in [1.54, 1.807) is 0 Å². The molecule has 3 heteroatoms. The fraction of sp³-hybridized carbons (Fsp3) is 0.210. The highest BCUT2D eigenvalue weighted by Gasteiger charge is 2.52. The molecule has 8 aromatic carbocycles. The first-order valence-electron chi connectivity index (χ1n) is 23.6. The molecule has 1 aromatic heterocycles. The van der Waals surface area contributed by atoms with Crippen LogP contribution in [-0.4, -0.2) is 10.6 Å². The topological polar surface area (TPSA) is 25.2 Å². The number of rotatable bonds is 8. The number of para-hydroxylation sites is 2. The monoisotopic (exact) mass is 844 g/mol. The maximum absolute atomic E-state index is 14.4. The van der Waals surface area contributed by atoms with Crippen LogP contribution in [0.4, 0.5) is 11.4 Å². The van der Waals surface area contributed by atoms with Crippen LogP contribution < -0.4 is 10.3 Å². The van der Waals surface area contributed by atoms with Gasteiger partial charge in [-0.2, -0.15) is 0 Å². The Morgan fingerprint density at radius 1 is 0.492 bits per heavy atom. The van der Waals surface area contributed by atoms with E-state index in [0.29, 0.717) is 5.92 Å². The van der Waals surface area contributed by atoms with Gasteiger partial charge >= 0.3 is 0 Å². The van der Waals surface area contributed by atoms with Gasteiger partial charge in [0.25, 0.3) is 0 Å². The van der Waals surface area contributed by atoms with Crippen LogP contribution in [0.2, 0.25) is 0 Å². The van der Waals surface area contributed by atoms with Gasteiger partial charge in [-0.05, 0) is 124 Å². The van der Waals surface area contributed by atoms with E-state index >= 15 is 0 Å². The second kappa shape index (κ2) is 15.6. The van der Waals surface area contributed by atoms with Gasteiger partial charge in [0.1, 0.15) is 0 Å². The number of nitrogens with zero attached hydrogens (tertiary/aromatic N) is 2. The second-order valence-corrected chi connectivity index (χ2v) is 19.3. The molecule has 1 aliphatic heterocycles. The van der Waals surface area contributed by atoms with Crippen LogP contribution >= 0.6 is 0 Å². The quantitative estimate of drug-likeness (QED) is 0.142. The minimum atomic E-state index is -0.532. The summed E-state index contributed by atoms with van der Waals surface area (Å²) in [6.45, 7) is 16.2. The molecule has 320 valence electrons. The van der Waals surface area contributed by atoms with E-state index in [4.69, 9.17) is 0 Å². The van der Waals surface area contributed by atoms with Crippen LogP contribution in [0.5, 0.6) is 0 Å². The molecule has 2 unspecified atom stereocenters. The smallest absolute Gasteiger partial charge is 0.197 e. The van der Waals surface area contributed by atoms with Crippen LogP contribution in [0.15, 0.2) is 181 Å². The molecular formula is C62H56N2O. The zero-order valence-corrected chi connectivity index (χ0v) is 38.6. The molecule has 0 N–H and O–H groups in total. The normalized spacial score (nSPS) is 15.5. The molecule has 2 aliphatic rings. The first kappa shape index (κ1) is 40.8. The van der Waals surface area contributed by atoms with Gasteiger partial charge in [0, 0.05) is 39.7 Å². The number of benzene rings is 8. The van der Waals surface area contributed by atoms with Gasteiger partial charge < -0.3 is 9.47 Å². The average Bonchev–Trinajstić information content (AvgIpc) is 3.61. The number of anilines is 2. The average molecular weight is 845 g/mol. The van der Waals surface area contributed by atoms with Gasteiger partial charge in [-0.3, -0.25) is 4.79 Å². The molecule has 9 aromatic rings. The van der Waals surface area contributed by atoms with Gasteiger partial charge in [0.05, 0.1) is 22.1 Å². The number of pyridine rings is 1. The van der Waals surface area contributed by atoms with Crippen molar-refractivity contribution in [2.45, 2.75) is 84.2 Å². The molecule has 11 rings (SSSR count). The van der Waals surface area contributed by atoms with Gasteiger partial charge in [-0.25, -0.2) is 0 Å². The molecular weight excluding hydrogens is 789 g/mol. The minimum absolute atomic E-state index is 0.0233. The summed E-state index contributed by atoms with van der Waals surface area (Å²) >= 11 is 0. The van der Waals surface area contributed by atoms with Crippen molar-refractivity contribution in [3.63, 3.8) is 0 Å². The summed E-state index contributed by atoms with van der Waals surface area (Å²) in [4.78, 5) is 17.1. The van der Waals surface area contributed by atoms with Gasteiger partial charge in [0.2, 0.25) is 0 Å². The Morgan fingerprint density at radius 2 is 1.06 bits per heavy atom. The molecule has 0 radical (unpaired) electrons. The Bertz CT molecular complexity index is 3380. The lowest BCUT2D eigenvalue weighted by Gasteiger charge is -2.48. The summed E-state index contributed by atoms with van der Waals surface area (Å²) < 4.78 is 2.48. The zero-order chi connectivity index (χ0) is 44.7. The molecule has 0 fully saturated rings. The SMILES string of the molecule is CC(C)c1ccc2c(c1-c1ccccc1)N(C(C)C)c1ccccc1C21c2ccccc2-c2cc(CC(C)n3c4ccccc4c(=O)c4ccc(C(C)C)c(-c5ccccc5)c43)ccc21. The highest BCUT2D eigenvalue weighted by Crippen LogP contribution is 2.64. The Balaban J connectivity index is 1.15. The van der Waals surface area contributed by atoms with Crippen molar-refractivity contribution in [3.8, 4) is 33.4 Å². The van der Waals surface area contributed by atoms with Gasteiger partial charge in [-0.1, -0.05) is 179 Å². The van der Waals surface area contributed by atoms with Crippen molar-refractivity contribution in [2.24, 2.45) is 0 Å². The van der Waals surface area contributed by atoms with E-state index in [1.165, 1.54) is 72.6 Å². The van der Waals surface area contributed by atoms with Gasteiger partial charge in [0.15, 0.2) is 5.43 Å². The van der Waals surface area contributed by atoms with Crippen LogP contribution in [0.3, 0.4) is 0 Å². The predicted molar refractivity (Wildman–Crippen MR) is 274 cm³/mol. The molecule has 1 spiro atoms. The molecule has 0 amide bonds. The van der Waals surface area contributed by atoms with Crippen molar-refractivity contribution in [1.29, 1.82) is 0 Å². The lowest BCUT2D eigenvalue weighted by atomic mass is 9.63. The second-order valence-electron chi connectivity index (χ2n) is 19.3. The van der Waals surface area contributed by atoms with Crippen molar-refractivity contribution in [3.05, 3.63) is 225 Å². The molecule has 65 heavy (non-hydrogen) atoms. The van der Waals surface area contributed by atoms with Crippen molar-refractivity contribution < 1.29 is 0 Å². The highest BCUT2D eigenvalue weighted by atomic mass is 16.1. The molecule has 2 atom stereocenters.